The number of H-pyrrole nitrogens is 1. The lowest BCUT2D eigenvalue weighted by molar-refractivity contribution is 0.683. The first-order chi connectivity index (χ1) is 6.36. The van der Waals surface area contributed by atoms with Crippen molar-refractivity contribution in [3.63, 3.8) is 0 Å². The van der Waals surface area contributed by atoms with E-state index in [9.17, 15) is 0 Å². The van der Waals surface area contributed by atoms with Crippen LogP contribution in [0.5, 0.6) is 0 Å². The van der Waals surface area contributed by atoms with E-state index in [4.69, 9.17) is 0 Å². The van der Waals surface area contributed by atoms with E-state index in [0.29, 0.717) is 6.54 Å². The van der Waals surface area contributed by atoms with E-state index < -0.39 is 0 Å². The monoisotopic (exact) mass is 178 g/mol. The van der Waals surface area contributed by atoms with Crippen molar-refractivity contribution in [2.45, 2.75) is 6.54 Å². The predicted molar refractivity (Wildman–Crippen MR) is 46.9 cm³/mol. The SMILES string of the molecule is Cn1nncc1CNc1ccn[nH]1. The highest BCUT2D eigenvalue weighted by atomic mass is 15.4. The molecule has 6 heteroatoms. The summed E-state index contributed by atoms with van der Waals surface area (Å²) < 4.78 is 1.73. The zero-order chi connectivity index (χ0) is 9.10. The van der Waals surface area contributed by atoms with Crippen molar-refractivity contribution >= 4 is 5.82 Å². The molecule has 2 heterocycles. The number of anilines is 1. The van der Waals surface area contributed by atoms with Gasteiger partial charge in [-0.15, -0.1) is 5.10 Å². The highest BCUT2D eigenvalue weighted by Crippen LogP contribution is 2.01. The number of nitrogens with one attached hydrogen (secondary N) is 2. The zero-order valence-corrected chi connectivity index (χ0v) is 7.23. The van der Waals surface area contributed by atoms with Gasteiger partial charge >= 0.3 is 0 Å². The quantitative estimate of drug-likeness (QED) is 0.701. The molecule has 68 valence electrons. The molecule has 2 rings (SSSR count). The van der Waals surface area contributed by atoms with Gasteiger partial charge in [-0.25, -0.2) is 0 Å². The van der Waals surface area contributed by atoms with Crippen LogP contribution in [0.25, 0.3) is 0 Å². The topological polar surface area (TPSA) is 71.4 Å². The molecule has 0 atom stereocenters. The lowest BCUT2D eigenvalue weighted by Gasteiger charge is -2.01. The maximum Gasteiger partial charge on any atom is 0.121 e. The molecule has 0 fully saturated rings. The molecule has 0 spiro atoms. The molecule has 0 unspecified atom stereocenters. The summed E-state index contributed by atoms with van der Waals surface area (Å²) in [6.45, 7) is 0.686. The van der Waals surface area contributed by atoms with Gasteiger partial charge in [-0.2, -0.15) is 5.10 Å². The van der Waals surface area contributed by atoms with E-state index in [-0.39, 0.29) is 0 Å². The van der Waals surface area contributed by atoms with E-state index in [2.05, 4.69) is 25.8 Å². The maximum absolute atomic E-state index is 3.82. The number of hydrogen-bond acceptors (Lipinski definition) is 4. The van der Waals surface area contributed by atoms with Gasteiger partial charge in [0.25, 0.3) is 0 Å². The molecule has 0 aliphatic carbocycles. The molecule has 0 radical (unpaired) electrons. The van der Waals surface area contributed by atoms with Crippen molar-refractivity contribution < 1.29 is 0 Å². The van der Waals surface area contributed by atoms with Crippen LogP contribution in [0.1, 0.15) is 5.69 Å². The first kappa shape index (κ1) is 7.78. The number of rotatable bonds is 3. The Labute approximate surface area is 75.0 Å². The first-order valence-electron chi connectivity index (χ1n) is 3.93. The van der Waals surface area contributed by atoms with Gasteiger partial charge in [0, 0.05) is 7.05 Å². The number of aromatic nitrogens is 5. The molecule has 2 aromatic heterocycles. The van der Waals surface area contributed by atoms with Crippen LogP contribution in [-0.2, 0) is 13.6 Å². The van der Waals surface area contributed by atoms with Crippen LogP contribution in [-0.4, -0.2) is 25.2 Å². The van der Waals surface area contributed by atoms with E-state index in [1.54, 1.807) is 17.1 Å². The highest BCUT2D eigenvalue weighted by Gasteiger charge is 1.99. The summed E-state index contributed by atoms with van der Waals surface area (Å²) in [5.41, 5.74) is 1.02. The Hall–Kier alpha value is -1.85. The van der Waals surface area contributed by atoms with Crippen molar-refractivity contribution in [1.29, 1.82) is 0 Å². The summed E-state index contributed by atoms with van der Waals surface area (Å²) in [5, 5.41) is 17.4. The first-order valence-corrected chi connectivity index (χ1v) is 3.93. The van der Waals surface area contributed by atoms with Crippen LogP contribution < -0.4 is 5.32 Å². The third-order valence-electron chi connectivity index (χ3n) is 1.77. The lowest BCUT2D eigenvalue weighted by Crippen LogP contribution is -2.05. The number of aromatic amines is 1. The van der Waals surface area contributed by atoms with Crippen molar-refractivity contribution in [1.82, 2.24) is 25.2 Å². The van der Waals surface area contributed by atoms with Gasteiger partial charge in [0.2, 0.25) is 0 Å². The third-order valence-corrected chi connectivity index (χ3v) is 1.77. The molecule has 2 aromatic rings. The maximum atomic E-state index is 3.82. The van der Waals surface area contributed by atoms with E-state index in [0.717, 1.165) is 11.5 Å². The summed E-state index contributed by atoms with van der Waals surface area (Å²) in [7, 11) is 1.86. The number of nitrogens with zero attached hydrogens (tertiary/aromatic N) is 4. The Balaban J connectivity index is 1.97. The number of aryl methyl sites for hydroxylation is 1. The van der Waals surface area contributed by atoms with Gasteiger partial charge in [-0.3, -0.25) is 9.78 Å². The molecule has 6 nitrogen and oxygen atoms in total. The second kappa shape index (κ2) is 3.26. The Morgan fingerprint density at radius 3 is 3.15 bits per heavy atom. The highest BCUT2D eigenvalue weighted by molar-refractivity contribution is 5.31. The van der Waals surface area contributed by atoms with E-state index >= 15 is 0 Å². The van der Waals surface area contributed by atoms with Crippen molar-refractivity contribution in [2.24, 2.45) is 7.05 Å². The average molecular weight is 178 g/mol. The normalized spacial score (nSPS) is 10.2. The Morgan fingerprint density at radius 2 is 2.54 bits per heavy atom. The van der Waals surface area contributed by atoms with E-state index in [1.807, 2.05) is 13.1 Å². The third kappa shape index (κ3) is 1.66. The predicted octanol–water partition coefficient (Wildman–Crippen LogP) is 0.150. The minimum absolute atomic E-state index is 0.686. The molecule has 2 N–H and O–H groups in total. The zero-order valence-electron chi connectivity index (χ0n) is 7.23. The molecule has 0 saturated heterocycles. The van der Waals surface area contributed by atoms with Gasteiger partial charge in [0.1, 0.15) is 5.82 Å². The van der Waals surface area contributed by atoms with Crippen LogP contribution in [0.4, 0.5) is 5.82 Å². The van der Waals surface area contributed by atoms with Crippen molar-refractivity contribution in [2.75, 3.05) is 5.32 Å². The van der Waals surface area contributed by atoms with Crippen LogP contribution in [0.15, 0.2) is 18.5 Å². The summed E-state index contributed by atoms with van der Waals surface area (Å²) >= 11 is 0. The van der Waals surface area contributed by atoms with Crippen LogP contribution in [0, 0.1) is 0 Å². The minimum atomic E-state index is 0.686. The van der Waals surface area contributed by atoms with Crippen LogP contribution >= 0.6 is 0 Å². The Morgan fingerprint density at radius 1 is 1.62 bits per heavy atom. The summed E-state index contributed by atoms with van der Waals surface area (Å²) in [6, 6.07) is 1.86. The van der Waals surface area contributed by atoms with E-state index in [1.165, 1.54) is 0 Å². The largest absolute Gasteiger partial charge is 0.365 e. The van der Waals surface area contributed by atoms with Gasteiger partial charge < -0.3 is 5.32 Å². The average Bonchev–Trinajstić information content (AvgIpc) is 2.72. The molecule has 0 aliphatic rings. The molecular formula is C7H10N6. The second-order valence-electron chi connectivity index (χ2n) is 2.67. The fourth-order valence-corrected chi connectivity index (χ4v) is 1.01. The van der Waals surface area contributed by atoms with Crippen molar-refractivity contribution in [3.8, 4) is 0 Å². The molecule has 0 amide bonds. The standard InChI is InChI=1S/C7H10N6/c1-13-6(5-10-12-13)4-8-7-2-3-9-11-7/h2-3,5H,4H2,1H3,(H2,8,9,11). The molecule has 0 aliphatic heterocycles. The van der Waals surface area contributed by atoms with Gasteiger partial charge in [-0.05, 0) is 6.07 Å². The molecule has 0 bridgehead atoms. The smallest absolute Gasteiger partial charge is 0.121 e. The van der Waals surface area contributed by atoms with Crippen LogP contribution in [0.3, 0.4) is 0 Å². The van der Waals surface area contributed by atoms with Crippen LogP contribution in [0.2, 0.25) is 0 Å². The van der Waals surface area contributed by atoms with Gasteiger partial charge in [-0.1, -0.05) is 5.21 Å². The Bertz CT molecular complexity index is 362. The summed E-state index contributed by atoms with van der Waals surface area (Å²) in [4.78, 5) is 0. The molecule has 13 heavy (non-hydrogen) atoms. The van der Waals surface area contributed by atoms with Crippen molar-refractivity contribution in [3.05, 3.63) is 24.2 Å². The lowest BCUT2D eigenvalue weighted by atomic mass is 10.4. The fourth-order valence-electron chi connectivity index (χ4n) is 1.01. The Kier molecular flexibility index (Phi) is 1.95. The molecule has 0 aromatic carbocycles. The second-order valence-corrected chi connectivity index (χ2v) is 2.67. The van der Waals surface area contributed by atoms with Gasteiger partial charge in [0.05, 0.1) is 24.6 Å². The molecular weight excluding hydrogens is 168 g/mol. The minimum Gasteiger partial charge on any atom is -0.365 e. The summed E-state index contributed by atoms with van der Waals surface area (Å²) in [5.74, 6) is 0.890. The summed E-state index contributed by atoms with van der Waals surface area (Å²) in [6.07, 6.45) is 3.42. The fraction of sp³-hybridized carbons (Fsp3) is 0.286. The van der Waals surface area contributed by atoms with Gasteiger partial charge in [0.15, 0.2) is 0 Å². The molecule has 0 saturated carbocycles. The number of hydrogen-bond donors (Lipinski definition) is 2.